The Kier molecular flexibility index (Phi) is 6.14. The van der Waals surface area contributed by atoms with Gasteiger partial charge in [0.2, 0.25) is 5.91 Å². The van der Waals surface area contributed by atoms with Crippen molar-refractivity contribution in [1.29, 1.82) is 0 Å². The molecule has 1 rings (SSSR count). The first-order chi connectivity index (χ1) is 7.59. The van der Waals surface area contributed by atoms with Gasteiger partial charge < -0.3 is 10.1 Å². The second kappa shape index (κ2) is 7.13. The van der Waals surface area contributed by atoms with E-state index in [-0.39, 0.29) is 24.0 Å². The van der Waals surface area contributed by atoms with E-state index in [0.29, 0.717) is 12.5 Å². The minimum Gasteiger partial charge on any atom is -0.369 e. The quantitative estimate of drug-likeness (QED) is 0.758. The fraction of sp³-hybridized carbons (Fsp3) is 0.917. The minimum atomic E-state index is -0.0388. The Hall–Kier alpha value is -0.280. The number of halogens is 1. The fourth-order valence-electron chi connectivity index (χ4n) is 1.93. The van der Waals surface area contributed by atoms with Gasteiger partial charge in [-0.3, -0.25) is 4.79 Å². The van der Waals surface area contributed by atoms with Crippen molar-refractivity contribution < 1.29 is 9.53 Å². The third-order valence-electron chi connectivity index (χ3n) is 2.93. The van der Waals surface area contributed by atoms with Gasteiger partial charge in [-0.1, -0.05) is 12.8 Å². The van der Waals surface area contributed by atoms with E-state index < -0.39 is 0 Å². The van der Waals surface area contributed by atoms with Gasteiger partial charge in [0.15, 0.2) is 0 Å². The molecule has 0 spiro atoms. The molecule has 0 aromatic rings. The minimum absolute atomic E-state index is 0.0388. The molecule has 0 saturated heterocycles. The highest BCUT2D eigenvalue weighted by molar-refractivity contribution is 6.20. The predicted octanol–water partition coefficient (Wildman–Crippen LogP) is 2.33. The molecule has 0 aromatic heterocycles. The van der Waals surface area contributed by atoms with Gasteiger partial charge in [0.05, 0.1) is 6.10 Å². The third kappa shape index (κ3) is 5.17. The lowest BCUT2D eigenvalue weighted by Gasteiger charge is -2.27. The lowest BCUT2D eigenvalue weighted by Crippen LogP contribution is -2.36. The van der Waals surface area contributed by atoms with E-state index >= 15 is 0 Å². The van der Waals surface area contributed by atoms with Crippen molar-refractivity contribution in [1.82, 2.24) is 5.32 Å². The molecule has 94 valence electrons. The number of alkyl halides is 1. The zero-order chi connectivity index (χ0) is 12.0. The predicted molar refractivity (Wildman–Crippen MR) is 65.7 cm³/mol. The van der Waals surface area contributed by atoms with Crippen molar-refractivity contribution in [2.45, 2.75) is 51.0 Å². The Morgan fingerprint density at radius 3 is 2.75 bits per heavy atom. The van der Waals surface area contributed by atoms with Crippen LogP contribution in [-0.2, 0) is 9.53 Å². The van der Waals surface area contributed by atoms with Crippen molar-refractivity contribution in [2.75, 3.05) is 13.2 Å². The normalized spacial score (nSPS) is 25.8. The van der Waals surface area contributed by atoms with Crippen LogP contribution >= 0.6 is 11.6 Å². The second-order valence-corrected chi connectivity index (χ2v) is 5.28. The van der Waals surface area contributed by atoms with E-state index in [1.807, 2.05) is 13.8 Å². The van der Waals surface area contributed by atoms with Gasteiger partial charge in [-0.25, -0.2) is 0 Å². The van der Waals surface area contributed by atoms with Crippen LogP contribution in [0.2, 0.25) is 0 Å². The van der Waals surface area contributed by atoms with Gasteiger partial charge in [0.1, 0.15) is 6.61 Å². The van der Waals surface area contributed by atoms with E-state index in [0.717, 1.165) is 12.8 Å². The van der Waals surface area contributed by atoms with Gasteiger partial charge >= 0.3 is 0 Å². The summed E-state index contributed by atoms with van der Waals surface area (Å²) >= 11 is 6.21. The monoisotopic (exact) mass is 247 g/mol. The molecule has 1 aliphatic carbocycles. The van der Waals surface area contributed by atoms with Crippen LogP contribution in [0.25, 0.3) is 0 Å². The van der Waals surface area contributed by atoms with Crippen LogP contribution in [0.4, 0.5) is 0 Å². The zero-order valence-corrected chi connectivity index (χ0v) is 10.9. The summed E-state index contributed by atoms with van der Waals surface area (Å²) in [4.78, 5) is 11.4. The van der Waals surface area contributed by atoms with Crippen LogP contribution in [0.1, 0.15) is 39.5 Å². The van der Waals surface area contributed by atoms with Gasteiger partial charge in [0.25, 0.3) is 0 Å². The molecule has 1 amide bonds. The van der Waals surface area contributed by atoms with Crippen LogP contribution in [0.15, 0.2) is 0 Å². The largest absolute Gasteiger partial charge is 0.369 e. The highest BCUT2D eigenvalue weighted by Crippen LogP contribution is 2.27. The molecule has 0 aromatic carbocycles. The molecule has 0 aliphatic heterocycles. The number of hydrogen-bond donors (Lipinski definition) is 1. The summed E-state index contributed by atoms with van der Waals surface area (Å²) in [5.74, 6) is 0.390. The van der Waals surface area contributed by atoms with Crippen LogP contribution in [0, 0.1) is 5.92 Å². The van der Waals surface area contributed by atoms with E-state index in [9.17, 15) is 4.79 Å². The molecule has 2 unspecified atom stereocenters. The summed E-state index contributed by atoms with van der Waals surface area (Å²) in [6.45, 7) is 4.68. The molecule has 16 heavy (non-hydrogen) atoms. The van der Waals surface area contributed by atoms with E-state index in [2.05, 4.69) is 5.32 Å². The maximum Gasteiger partial charge on any atom is 0.246 e. The van der Waals surface area contributed by atoms with Gasteiger partial charge in [-0.2, -0.15) is 0 Å². The van der Waals surface area contributed by atoms with Crippen molar-refractivity contribution >= 4 is 17.5 Å². The average Bonchev–Trinajstić information content (AvgIpc) is 2.25. The Labute approximate surface area is 103 Å². The Morgan fingerprint density at radius 1 is 1.44 bits per heavy atom. The maximum absolute atomic E-state index is 11.4. The van der Waals surface area contributed by atoms with Crippen molar-refractivity contribution in [3.63, 3.8) is 0 Å². The molecular weight excluding hydrogens is 226 g/mol. The fourth-order valence-corrected chi connectivity index (χ4v) is 2.30. The van der Waals surface area contributed by atoms with Crippen LogP contribution in [0.3, 0.4) is 0 Å². The summed E-state index contributed by atoms with van der Waals surface area (Å²) < 4.78 is 5.23. The molecule has 1 N–H and O–H groups in total. The summed E-state index contributed by atoms with van der Waals surface area (Å²) in [5.41, 5.74) is 0. The number of rotatable bonds is 5. The van der Waals surface area contributed by atoms with E-state index in [4.69, 9.17) is 16.3 Å². The molecule has 4 heteroatoms. The maximum atomic E-state index is 11.4. The first-order valence-corrected chi connectivity index (χ1v) is 6.55. The third-order valence-corrected chi connectivity index (χ3v) is 3.50. The number of amides is 1. The topological polar surface area (TPSA) is 38.3 Å². The van der Waals surface area contributed by atoms with Gasteiger partial charge in [-0.15, -0.1) is 11.6 Å². The number of carbonyl (C=O) groups is 1. The van der Waals surface area contributed by atoms with Crippen LogP contribution in [0.5, 0.6) is 0 Å². The lowest BCUT2D eigenvalue weighted by molar-refractivity contribution is -0.127. The first kappa shape index (κ1) is 13.8. The van der Waals surface area contributed by atoms with Crippen LogP contribution in [-0.4, -0.2) is 30.5 Å². The van der Waals surface area contributed by atoms with Gasteiger partial charge in [0, 0.05) is 11.9 Å². The number of hydrogen-bond acceptors (Lipinski definition) is 2. The van der Waals surface area contributed by atoms with Crippen LogP contribution < -0.4 is 5.32 Å². The Bertz CT molecular complexity index is 221. The smallest absolute Gasteiger partial charge is 0.246 e. The number of carbonyl (C=O) groups excluding carboxylic acids is 1. The lowest BCUT2D eigenvalue weighted by atomic mass is 9.89. The standard InChI is InChI=1S/C12H22ClNO2/c1-9(2)16-8-12(15)14-7-10-5-3-4-6-11(10)13/h9-11H,3-8H2,1-2H3,(H,14,15). The SMILES string of the molecule is CC(C)OCC(=O)NCC1CCCCC1Cl. The molecule has 1 fully saturated rings. The molecule has 0 heterocycles. The number of ether oxygens (including phenoxy) is 1. The molecule has 3 nitrogen and oxygen atoms in total. The summed E-state index contributed by atoms with van der Waals surface area (Å²) in [5, 5.41) is 3.11. The molecule has 0 bridgehead atoms. The molecular formula is C12H22ClNO2. The highest BCUT2D eigenvalue weighted by atomic mass is 35.5. The Morgan fingerprint density at radius 2 is 2.12 bits per heavy atom. The summed E-state index contributed by atoms with van der Waals surface area (Å²) in [7, 11) is 0. The second-order valence-electron chi connectivity index (χ2n) is 4.72. The number of nitrogens with one attached hydrogen (secondary N) is 1. The highest BCUT2D eigenvalue weighted by Gasteiger charge is 2.23. The van der Waals surface area contributed by atoms with Crippen molar-refractivity contribution in [3.8, 4) is 0 Å². The van der Waals surface area contributed by atoms with E-state index in [1.54, 1.807) is 0 Å². The molecule has 1 aliphatic rings. The van der Waals surface area contributed by atoms with E-state index in [1.165, 1.54) is 12.8 Å². The molecule has 1 saturated carbocycles. The average molecular weight is 248 g/mol. The van der Waals surface area contributed by atoms with Crippen molar-refractivity contribution in [3.05, 3.63) is 0 Å². The zero-order valence-electron chi connectivity index (χ0n) is 10.2. The van der Waals surface area contributed by atoms with Gasteiger partial charge in [-0.05, 0) is 32.6 Å². The molecule has 0 radical (unpaired) electrons. The van der Waals surface area contributed by atoms with Crippen molar-refractivity contribution in [2.24, 2.45) is 5.92 Å². The molecule has 2 atom stereocenters. The first-order valence-electron chi connectivity index (χ1n) is 6.12. The summed E-state index contributed by atoms with van der Waals surface area (Å²) in [6, 6.07) is 0. The Balaban J connectivity index is 2.15. The summed E-state index contributed by atoms with van der Waals surface area (Å²) in [6.07, 6.45) is 4.74.